The Kier molecular flexibility index (Phi) is 5.04. The summed E-state index contributed by atoms with van der Waals surface area (Å²) < 4.78 is 2.18. The molecule has 30 heavy (non-hydrogen) atoms. The lowest BCUT2D eigenvalue weighted by atomic mass is 10.1. The lowest BCUT2D eigenvalue weighted by Crippen LogP contribution is -2.30. The van der Waals surface area contributed by atoms with Crippen LogP contribution in [0.25, 0.3) is 11.8 Å². The predicted molar refractivity (Wildman–Crippen MR) is 118 cm³/mol. The molecule has 1 aliphatic rings. The maximum absolute atomic E-state index is 12.9. The van der Waals surface area contributed by atoms with E-state index in [0.717, 1.165) is 28.2 Å². The summed E-state index contributed by atoms with van der Waals surface area (Å²) >= 11 is 0. The van der Waals surface area contributed by atoms with Crippen LogP contribution < -0.4 is 5.32 Å². The quantitative estimate of drug-likeness (QED) is 0.506. The van der Waals surface area contributed by atoms with Crippen LogP contribution in [0, 0.1) is 27.7 Å². The third-order valence-corrected chi connectivity index (χ3v) is 5.51. The number of nitrogens with zero attached hydrogens (tertiary/aromatic N) is 2. The Balaban J connectivity index is 1.66. The third-order valence-electron chi connectivity index (χ3n) is 5.51. The molecule has 0 saturated carbocycles. The molecule has 0 spiro atoms. The number of amides is 3. The first-order valence-corrected chi connectivity index (χ1v) is 10.00. The summed E-state index contributed by atoms with van der Waals surface area (Å²) in [6.07, 6.45) is 1.77. The van der Waals surface area contributed by atoms with E-state index in [9.17, 15) is 9.59 Å². The second-order valence-electron chi connectivity index (χ2n) is 7.82. The van der Waals surface area contributed by atoms with Crippen LogP contribution in [0.1, 0.15) is 33.6 Å². The Hall–Kier alpha value is -3.60. The molecule has 0 unspecified atom stereocenters. The summed E-state index contributed by atoms with van der Waals surface area (Å²) in [4.78, 5) is 26.5. The number of benzene rings is 2. The van der Waals surface area contributed by atoms with E-state index in [1.807, 2.05) is 50.2 Å². The third kappa shape index (κ3) is 3.54. The zero-order valence-corrected chi connectivity index (χ0v) is 17.7. The van der Waals surface area contributed by atoms with Gasteiger partial charge in [0.05, 0.1) is 6.54 Å². The Morgan fingerprint density at radius 1 is 0.933 bits per heavy atom. The largest absolute Gasteiger partial charge is 0.329 e. The fourth-order valence-corrected chi connectivity index (χ4v) is 4.00. The average Bonchev–Trinajstić information content (AvgIpc) is 3.13. The monoisotopic (exact) mass is 399 g/mol. The highest BCUT2D eigenvalue weighted by molar-refractivity contribution is 6.14. The number of carbonyl (C=O) groups excluding carboxylic acids is 2. The molecule has 2 aromatic carbocycles. The molecule has 3 aromatic rings. The molecule has 0 aliphatic carbocycles. The number of aromatic nitrogens is 1. The van der Waals surface area contributed by atoms with Crippen LogP contribution in [0.15, 0.2) is 60.3 Å². The van der Waals surface area contributed by atoms with Gasteiger partial charge in [0.25, 0.3) is 5.91 Å². The maximum Gasteiger partial charge on any atom is 0.329 e. The average molecular weight is 399 g/mol. The van der Waals surface area contributed by atoms with E-state index in [1.54, 1.807) is 6.08 Å². The highest BCUT2D eigenvalue weighted by Crippen LogP contribution is 2.26. The summed E-state index contributed by atoms with van der Waals surface area (Å²) in [5, 5.41) is 2.73. The minimum Gasteiger partial charge on any atom is -0.318 e. The highest BCUT2D eigenvalue weighted by atomic mass is 16.2. The summed E-state index contributed by atoms with van der Waals surface area (Å²) in [7, 11) is 0. The minimum absolute atomic E-state index is 0.254. The molecule has 0 bridgehead atoms. The standard InChI is InChI=1S/C25H25N3O2/c1-16-10-11-23(17(2)12-16)28-18(3)13-21(19(28)4)14-22-24(29)27(25(30)26-22)15-20-8-6-5-7-9-20/h5-14H,15H2,1-4H3,(H,26,30)/b22-14-. The topological polar surface area (TPSA) is 54.3 Å². The molecule has 1 aliphatic heterocycles. The van der Waals surface area contributed by atoms with Crippen LogP contribution in [-0.4, -0.2) is 21.4 Å². The maximum atomic E-state index is 12.9. The first-order valence-electron chi connectivity index (χ1n) is 10.00. The zero-order chi connectivity index (χ0) is 21.4. The zero-order valence-electron chi connectivity index (χ0n) is 17.7. The smallest absolute Gasteiger partial charge is 0.318 e. The van der Waals surface area contributed by atoms with Crippen LogP contribution in [0.5, 0.6) is 0 Å². The Labute approximate surface area is 176 Å². The van der Waals surface area contributed by atoms with Crippen LogP contribution in [0.3, 0.4) is 0 Å². The summed E-state index contributed by atoms with van der Waals surface area (Å²) in [5.41, 5.74) is 7.76. The van der Waals surface area contributed by atoms with Gasteiger partial charge in [-0.25, -0.2) is 4.79 Å². The van der Waals surface area contributed by atoms with E-state index in [0.29, 0.717) is 5.70 Å². The van der Waals surface area contributed by atoms with Gasteiger partial charge in [-0.05, 0) is 62.6 Å². The Morgan fingerprint density at radius 2 is 1.67 bits per heavy atom. The van der Waals surface area contributed by atoms with Crippen molar-refractivity contribution in [3.63, 3.8) is 0 Å². The van der Waals surface area contributed by atoms with E-state index < -0.39 is 6.03 Å². The molecule has 5 nitrogen and oxygen atoms in total. The number of aryl methyl sites for hydroxylation is 3. The molecular weight excluding hydrogens is 374 g/mol. The van der Waals surface area contributed by atoms with Gasteiger partial charge in [-0.1, -0.05) is 48.0 Å². The Morgan fingerprint density at radius 3 is 2.37 bits per heavy atom. The van der Waals surface area contributed by atoms with E-state index >= 15 is 0 Å². The molecule has 0 radical (unpaired) electrons. The Bertz CT molecular complexity index is 1170. The van der Waals surface area contributed by atoms with Crippen molar-refractivity contribution in [2.75, 3.05) is 0 Å². The first kappa shape index (κ1) is 19.7. The van der Waals surface area contributed by atoms with Gasteiger partial charge in [0.1, 0.15) is 5.70 Å². The van der Waals surface area contributed by atoms with Gasteiger partial charge in [-0.15, -0.1) is 0 Å². The molecule has 1 N–H and O–H groups in total. The van der Waals surface area contributed by atoms with Gasteiger partial charge in [0.2, 0.25) is 0 Å². The van der Waals surface area contributed by atoms with Crippen LogP contribution in [0.4, 0.5) is 4.79 Å². The van der Waals surface area contributed by atoms with Crippen molar-refractivity contribution in [1.82, 2.24) is 14.8 Å². The van der Waals surface area contributed by atoms with Crippen molar-refractivity contribution >= 4 is 18.0 Å². The summed E-state index contributed by atoms with van der Waals surface area (Å²) in [6.45, 7) is 8.51. The van der Waals surface area contributed by atoms with Crippen molar-refractivity contribution in [2.24, 2.45) is 0 Å². The second kappa shape index (κ2) is 7.67. The van der Waals surface area contributed by atoms with Gasteiger partial charge < -0.3 is 9.88 Å². The molecular formula is C25H25N3O2. The number of hydrogen-bond acceptors (Lipinski definition) is 2. The number of hydrogen-bond donors (Lipinski definition) is 1. The van der Waals surface area contributed by atoms with Gasteiger partial charge in [0, 0.05) is 17.1 Å². The van der Waals surface area contributed by atoms with Crippen LogP contribution in [0.2, 0.25) is 0 Å². The van der Waals surface area contributed by atoms with E-state index in [4.69, 9.17) is 0 Å². The number of rotatable bonds is 4. The van der Waals surface area contributed by atoms with Crippen molar-refractivity contribution in [3.8, 4) is 5.69 Å². The second-order valence-corrected chi connectivity index (χ2v) is 7.82. The van der Waals surface area contributed by atoms with Crippen LogP contribution in [-0.2, 0) is 11.3 Å². The molecule has 3 amide bonds. The molecule has 2 heterocycles. The lowest BCUT2D eigenvalue weighted by Gasteiger charge is -2.13. The van der Waals surface area contributed by atoms with Crippen molar-refractivity contribution in [1.29, 1.82) is 0 Å². The van der Waals surface area contributed by atoms with E-state index in [-0.39, 0.29) is 12.5 Å². The van der Waals surface area contributed by atoms with Gasteiger partial charge in [-0.2, -0.15) is 0 Å². The fourth-order valence-electron chi connectivity index (χ4n) is 4.00. The molecule has 4 rings (SSSR count). The summed E-state index contributed by atoms with van der Waals surface area (Å²) in [6, 6.07) is 17.5. The molecule has 1 fully saturated rings. The minimum atomic E-state index is -0.390. The molecule has 5 heteroatoms. The van der Waals surface area contributed by atoms with Crippen molar-refractivity contribution in [2.45, 2.75) is 34.2 Å². The van der Waals surface area contributed by atoms with E-state index in [2.05, 4.69) is 41.9 Å². The van der Waals surface area contributed by atoms with E-state index in [1.165, 1.54) is 16.0 Å². The highest BCUT2D eigenvalue weighted by Gasteiger charge is 2.33. The number of urea groups is 1. The number of carbonyl (C=O) groups is 2. The van der Waals surface area contributed by atoms with Gasteiger partial charge in [-0.3, -0.25) is 9.69 Å². The molecule has 1 aromatic heterocycles. The van der Waals surface area contributed by atoms with Gasteiger partial charge in [0.15, 0.2) is 0 Å². The first-order chi connectivity index (χ1) is 14.3. The van der Waals surface area contributed by atoms with Gasteiger partial charge >= 0.3 is 6.03 Å². The SMILES string of the molecule is Cc1ccc(-n2c(C)cc(/C=C3\NC(=O)N(Cc4ccccc4)C3=O)c2C)c(C)c1. The molecule has 152 valence electrons. The fraction of sp³-hybridized carbons (Fsp3) is 0.200. The summed E-state index contributed by atoms with van der Waals surface area (Å²) in [5.74, 6) is -0.305. The van der Waals surface area contributed by atoms with Crippen LogP contribution >= 0.6 is 0 Å². The normalized spacial score (nSPS) is 15.2. The van der Waals surface area contributed by atoms with Crippen molar-refractivity contribution < 1.29 is 9.59 Å². The predicted octanol–water partition coefficient (Wildman–Crippen LogP) is 4.80. The molecule has 0 atom stereocenters. The van der Waals surface area contributed by atoms with Crippen molar-refractivity contribution in [3.05, 3.63) is 93.9 Å². The molecule has 1 saturated heterocycles. The number of nitrogens with one attached hydrogen (secondary N) is 1. The lowest BCUT2D eigenvalue weighted by molar-refractivity contribution is -0.123. The number of imide groups is 1.